The standard InChI is InChI=1S/C60H41N/c1-2-14-42(15-3-1)43-28-30-44(31-29-43)45-32-36-51(37-33-45)61(52-38-34-47(35-39-52)59-41-50-17-5-7-22-55(50)57-24-8-9-25-58(57)59)60-27-11-10-23-56(60)49-20-12-19-48(40-49)54-26-13-18-46-16-4-6-21-53(46)54/h1-41H. The SMILES string of the molecule is c1ccc(-c2ccc(-c3ccc(N(c4ccc(-c5cc6ccccc6c6ccccc56)cc4)c4ccccc4-c4cccc(-c5cccc6ccccc56)c4)cc3)cc2)cc1. The first-order valence-corrected chi connectivity index (χ1v) is 21.0. The Hall–Kier alpha value is -8.00. The van der Waals surface area contributed by atoms with E-state index in [2.05, 4.69) is 254 Å². The van der Waals surface area contributed by atoms with E-state index in [0.717, 1.165) is 22.6 Å². The lowest BCUT2D eigenvalue weighted by Crippen LogP contribution is -2.11. The normalized spacial score (nSPS) is 11.3. The first-order chi connectivity index (χ1) is 30.2. The van der Waals surface area contributed by atoms with Crippen LogP contribution in [-0.2, 0) is 0 Å². The fourth-order valence-corrected chi connectivity index (χ4v) is 9.04. The van der Waals surface area contributed by atoms with Gasteiger partial charge in [0.2, 0.25) is 0 Å². The van der Waals surface area contributed by atoms with E-state index in [0.29, 0.717) is 0 Å². The van der Waals surface area contributed by atoms with Crippen LogP contribution in [0.25, 0.3) is 88.0 Å². The van der Waals surface area contributed by atoms with Gasteiger partial charge in [-0.25, -0.2) is 0 Å². The van der Waals surface area contributed by atoms with Crippen molar-refractivity contribution in [3.63, 3.8) is 0 Å². The molecule has 0 fully saturated rings. The minimum absolute atomic E-state index is 1.09. The van der Waals surface area contributed by atoms with Gasteiger partial charge in [-0.1, -0.05) is 206 Å². The Balaban J connectivity index is 1.02. The van der Waals surface area contributed by atoms with Gasteiger partial charge in [-0.05, 0) is 125 Å². The number of hydrogen-bond donors (Lipinski definition) is 0. The third-order valence-corrected chi connectivity index (χ3v) is 12.1. The molecule has 0 saturated heterocycles. The Morgan fingerprint density at radius 1 is 0.213 bits per heavy atom. The fourth-order valence-electron chi connectivity index (χ4n) is 9.04. The molecule has 0 amide bonds. The number of rotatable bonds is 8. The summed E-state index contributed by atoms with van der Waals surface area (Å²) in [5.74, 6) is 0. The van der Waals surface area contributed by atoms with Crippen LogP contribution in [0, 0.1) is 0 Å². The molecule has 1 nitrogen and oxygen atoms in total. The molecular formula is C60H41N. The molecule has 0 radical (unpaired) electrons. The number of benzene rings is 11. The van der Waals surface area contributed by atoms with Crippen molar-refractivity contribution in [1.82, 2.24) is 0 Å². The van der Waals surface area contributed by atoms with Crippen LogP contribution < -0.4 is 4.90 Å². The first kappa shape index (κ1) is 36.1. The molecule has 0 aromatic heterocycles. The van der Waals surface area contributed by atoms with E-state index in [1.54, 1.807) is 0 Å². The Bertz CT molecular complexity index is 3320. The van der Waals surface area contributed by atoms with Gasteiger partial charge in [0.1, 0.15) is 0 Å². The van der Waals surface area contributed by atoms with Gasteiger partial charge in [0, 0.05) is 16.9 Å². The summed E-state index contributed by atoms with van der Waals surface area (Å²) in [6.45, 7) is 0. The molecule has 0 heterocycles. The van der Waals surface area contributed by atoms with E-state index in [4.69, 9.17) is 0 Å². The molecule has 0 unspecified atom stereocenters. The zero-order chi connectivity index (χ0) is 40.5. The van der Waals surface area contributed by atoms with Gasteiger partial charge in [-0.3, -0.25) is 0 Å². The molecule has 0 saturated carbocycles. The lowest BCUT2D eigenvalue weighted by atomic mass is 9.93. The van der Waals surface area contributed by atoms with Gasteiger partial charge < -0.3 is 4.90 Å². The van der Waals surface area contributed by atoms with Crippen molar-refractivity contribution in [2.45, 2.75) is 0 Å². The van der Waals surface area contributed by atoms with Crippen molar-refractivity contribution in [1.29, 1.82) is 0 Å². The van der Waals surface area contributed by atoms with Crippen molar-refractivity contribution >= 4 is 49.4 Å². The second-order valence-corrected chi connectivity index (χ2v) is 15.7. The molecule has 0 atom stereocenters. The average molecular weight is 776 g/mol. The Morgan fingerprint density at radius 2 is 0.656 bits per heavy atom. The molecule has 0 N–H and O–H groups in total. The molecule has 286 valence electrons. The maximum Gasteiger partial charge on any atom is 0.0540 e. The lowest BCUT2D eigenvalue weighted by molar-refractivity contribution is 1.28. The summed E-state index contributed by atoms with van der Waals surface area (Å²) in [5.41, 5.74) is 15.3. The van der Waals surface area contributed by atoms with E-state index in [-0.39, 0.29) is 0 Å². The molecule has 0 spiro atoms. The molecule has 11 rings (SSSR count). The zero-order valence-corrected chi connectivity index (χ0v) is 33.6. The van der Waals surface area contributed by atoms with Crippen molar-refractivity contribution < 1.29 is 0 Å². The van der Waals surface area contributed by atoms with E-state index in [9.17, 15) is 0 Å². The van der Waals surface area contributed by atoms with Gasteiger partial charge in [0.25, 0.3) is 0 Å². The highest BCUT2D eigenvalue weighted by molar-refractivity contribution is 6.13. The topological polar surface area (TPSA) is 3.24 Å². The third-order valence-electron chi connectivity index (χ3n) is 12.1. The minimum Gasteiger partial charge on any atom is -0.310 e. The molecule has 11 aromatic carbocycles. The second kappa shape index (κ2) is 15.6. The molecule has 0 aliphatic heterocycles. The Kier molecular flexibility index (Phi) is 9.26. The number of anilines is 3. The van der Waals surface area contributed by atoms with Gasteiger partial charge in [0.15, 0.2) is 0 Å². The van der Waals surface area contributed by atoms with Crippen molar-refractivity contribution in [2.24, 2.45) is 0 Å². The Morgan fingerprint density at radius 3 is 1.36 bits per heavy atom. The predicted molar refractivity (Wildman–Crippen MR) is 261 cm³/mol. The van der Waals surface area contributed by atoms with Crippen molar-refractivity contribution in [3.8, 4) is 55.6 Å². The van der Waals surface area contributed by atoms with Crippen LogP contribution in [0.1, 0.15) is 0 Å². The number of para-hydroxylation sites is 1. The third kappa shape index (κ3) is 6.83. The van der Waals surface area contributed by atoms with Crippen LogP contribution in [-0.4, -0.2) is 0 Å². The number of nitrogens with zero attached hydrogens (tertiary/aromatic N) is 1. The van der Waals surface area contributed by atoms with Crippen molar-refractivity contribution in [2.75, 3.05) is 4.90 Å². The number of hydrogen-bond acceptors (Lipinski definition) is 1. The lowest BCUT2D eigenvalue weighted by Gasteiger charge is -2.28. The van der Waals surface area contributed by atoms with Crippen LogP contribution >= 0.6 is 0 Å². The molecule has 11 aromatic rings. The first-order valence-electron chi connectivity index (χ1n) is 21.0. The second-order valence-electron chi connectivity index (χ2n) is 15.7. The minimum atomic E-state index is 1.09. The van der Waals surface area contributed by atoms with Crippen LogP contribution in [0.3, 0.4) is 0 Å². The fraction of sp³-hybridized carbons (Fsp3) is 0. The van der Waals surface area contributed by atoms with Crippen LogP contribution in [0.5, 0.6) is 0 Å². The van der Waals surface area contributed by atoms with E-state index >= 15 is 0 Å². The summed E-state index contributed by atoms with van der Waals surface area (Å²) in [6.07, 6.45) is 0. The summed E-state index contributed by atoms with van der Waals surface area (Å²) in [4.78, 5) is 2.41. The summed E-state index contributed by atoms with van der Waals surface area (Å²) < 4.78 is 0. The van der Waals surface area contributed by atoms with E-state index in [1.807, 2.05) is 0 Å². The molecular weight excluding hydrogens is 735 g/mol. The highest BCUT2D eigenvalue weighted by atomic mass is 15.1. The van der Waals surface area contributed by atoms with Gasteiger partial charge >= 0.3 is 0 Å². The molecule has 0 aliphatic rings. The smallest absolute Gasteiger partial charge is 0.0540 e. The summed E-state index contributed by atoms with van der Waals surface area (Å²) in [5, 5.41) is 7.56. The highest BCUT2D eigenvalue weighted by Gasteiger charge is 2.19. The quantitative estimate of drug-likeness (QED) is 0.139. The van der Waals surface area contributed by atoms with Gasteiger partial charge in [-0.2, -0.15) is 0 Å². The Labute approximate surface area is 357 Å². The maximum absolute atomic E-state index is 2.41. The summed E-state index contributed by atoms with van der Waals surface area (Å²) in [6, 6.07) is 90.4. The van der Waals surface area contributed by atoms with E-state index < -0.39 is 0 Å². The summed E-state index contributed by atoms with van der Waals surface area (Å²) in [7, 11) is 0. The van der Waals surface area contributed by atoms with Crippen LogP contribution in [0.4, 0.5) is 17.1 Å². The number of fused-ring (bicyclic) bond motifs is 4. The van der Waals surface area contributed by atoms with Crippen LogP contribution in [0.2, 0.25) is 0 Å². The highest BCUT2D eigenvalue weighted by Crippen LogP contribution is 2.44. The van der Waals surface area contributed by atoms with Crippen LogP contribution in [0.15, 0.2) is 249 Å². The van der Waals surface area contributed by atoms with Gasteiger partial charge in [0.05, 0.1) is 5.69 Å². The molecule has 0 aliphatic carbocycles. The monoisotopic (exact) mass is 775 g/mol. The molecule has 1 heteroatoms. The van der Waals surface area contributed by atoms with Crippen molar-refractivity contribution in [3.05, 3.63) is 249 Å². The zero-order valence-electron chi connectivity index (χ0n) is 33.6. The average Bonchev–Trinajstić information content (AvgIpc) is 3.35. The maximum atomic E-state index is 2.41. The largest absolute Gasteiger partial charge is 0.310 e. The molecule has 0 bridgehead atoms. The van der Waals surface area contributed by atoms with E-state index in [1.165, 1.54) is 82.4 Å². The molecule has 61 heavy (non-hydrogen) atoms. The van der Waals surface area contributed by atoms with Gasteiger partial charge in [-0.15, -0.1) is 0 Å². The predicted octanol–water partition coefficient (Wildman–Crippen LogP) is 17.0. The summed E-state index contributed by atoms with van der Waals surface area (Å²) >= 11 is 0.